The minimum atomic E-state index is 0.522. The van der Waals surface area contributed by atoms with Crippen LogP contribution < -0.4 is 10.6 Å². The molecule has 2 aromatic heterocycles. The first-order valence-electron chi connectivity index (χ1n) is 9.26. The normalized spacial score (nSPS) is 18.9. The van der Waals surface area contributed by atoms with Gasteiger partial charge in [0.15, 0.2) is 10.8 Å². The predicted molar refractivity (Wildman–Crippen MR) is 103 cm³/mol. The molecule has 1 saturated carbocycles. The maximum Gasteiger partial charge on any atom is 0.172 e. The van der Waals surface area contributed by atoms with Crippen molar-refractivity contribution in [3.05, 3.63) is 12.5 Å². The van der Waals surface area contributed by atoms with Gasteiger partial charge in [-0.05, 0) is 51.0 Å². The molecule has 0 unspecified atom stereocenters. The molecule has 7 nitrogen and oxygen atoms in total. The summed E-state index contributed by atoms with van der Waals surface area (Å²) in [7, 11) is 0. The second kappa shape index (κ2) is 7.61. The van der Waals surface area contributed by atoms with Gasteiger partial charge in [0.2, 0.25) is 0 Å². The molecule has 0 bridgehead atoms. The molecule has 2 aromatic rings. The van der Waals surface area contributed by atoms with Crippen LogP contribution in [0.15, 0.2) is 12.5 Å². The van der Waals surface area contributed by atoms with Gasteiger partial charge in [0.1, 0.15) is 12.1 Å². The summed E-state index contributed by atoms with van der Waals surface area (Å²) in [6, 6.07) is 0.522. The molecule has 0 amide bonds. The number of anilines is 1. The number of hydrogen-bond donors (Lipinski definition) is 2. The van der Waals surface area contributed by atoms with Gasteiger partial charge < -0.3 is 15.5 Å². The highest BCUT2D eigenvalue weighted by atomic mass is 32.1. The Hall–Kier alpha value is -1.80. The van der Waals surface area contributed by atoms with Gasteiger partial charge in [-0.15, -0.1) is 0 Å². The van der Waals surface area contributed by atoms with Crippen LogP contribution in [-0.2, 0) is 6.54 Å². The summed E-state index contributed by atoms with van der Waals surface area (Å²) in [6.45, 7) is 4.26. The van der Waals surface area contributed by atoms with Crippen LogP contribution in [0.25, 0.3) is 11.0 Å². The lowest BCUT2D eigenvalue weighted by Gasteiger charge is -2.19. The Morgan fingerprint density at radius 2 is 1.92 bits per heavy atom. The lowest BCUT2D eigenvalue weighted by molar-refractivity contribution is 0.270. The standard InChI is InChI=1S/C17H25N7S/c25-17(21-13-5-6-13)22-15-14-11-20-24(16(14)19-12-18-15)10-9-23-7-3-1-2-4-8-23/h11-13H,1-10H2,(H2,18,19,21,22,25). The number of aromatic nitrogens is 4. The van der Waals surface area contributed by atoms with E-state index in [4.69, 9.17) is 12.2 Å². The molecule has 1 aliphatic carbocycles. The van der Waals surface area contributed by atoms with E-state index in [-0.39, 0.29) is 0 Å². The summed E-state index contributed by atoms with van der Waals surface area (Å²) >= 11 is 5.35. The maximum absolute atomic E-state index is 5.35. The fourth-order valence-corrected chi connectivity index (χ4v) is 3.57. The molecule has 3 heterocycles. The lowest BCUT2D eigenvalue weighted by Crippen LogP contribution is -2.30. The average Bonchev–Trinajstić information content (AvgIpc) is 3.37. The zero-order chi connectivity index (χ0) is 17.1. The third-order valence-corrected chi connectivity index (χ3v) is 5.12. The van der Waals surface area contributed by atoms with Crippen LogP contribution in [0, 0.1) is 0 Å². The summed E-state index contributed by atoms with van der Waals surface area (Å²) in [5, 5.41) is 12.5. The predicted octanol–water partition coefficient (Wildman–Crippen LogP) is 2.15. The molecule has 25 heavy (non-hydrogen) atoms. The maximum atomic E-state index is 5.35. The van der Waals surface area contributed by atoms with Crippen molar-refractivity contribution < 1.29 is 0 Å². The van der Waals surface area contributed by atoms with Crippen LogP contribution in [0.2, 0.25) is 0 Å². The summed E-state index contributed by atoms with van der Waals surface area (Å²) in [5.74, 6) is 0.726. The van der Waals surface area contributed by atoms with Crippen LogP contribution in [0.1, 0.15) is 38.5 Å². The third kappa shape index (κ3) is 4.24. The first-order chi connectivity index (χ1) is 12.3. The number of fused-ring (bicyclic) bond motifs is 1. The Morgan fingerprint density at radius 1 is 1.12 bits per heavy atom. The van der Waals surface area contributed by atoms with Crippen molar-refractivity contribution in [1.82, 2.24) is 30.0 Å². The Balaban J connectivity index is 1.43. The highest BCUT2D eigenvalue weighted by Gasteiger charge is 2.22. The van der Waals surface area contributed by atoms with Crippen LogP contribution in [-0.4, -0.2) is 55.4 Å². The van der Waals surface area contributed by atoms with Gasteiger partial charge in [0.05, 0.1) is 18.1 Å². The third-order valence-electron chi connectivity index (χ3n) is 4.90. The smallest absolute Gasteiger partial charge is 0.172 e. The average molecular weight is 360 g/mol. The number of likely N-dealkylation sites (tertiary alicyclic amines) is 1. The fraction of sp³-hybridized carbons (Fsp3) is 0.647. The van der Waals surface area contributed by atoms with Gasteiger partial charge in [-0.25, -0.2) is 14.6 Å². The Labute approximate surface area is 153 Å². The van der Waals surface area contributed by atoms with Gasteiger partial charge in [-0.2, -0.15) is 5.10 Å². The highest BCUT2D eigenvalue weighted by Crippen LogP contribution is 2.21. The van der Waals surface area contributed by atoms with Crippen molar-refractivity contribution in [2.45, 2.75) is 51.1 Å². The van der Waals surface area contributed by atoms with Gasteiger partial charge in [0, 0.05) is 12.6 Å². The van der Waals surface area contributed by atoms with E-state index in [0.29, 0.717) is 11.2 Å². The number of hydrogen-bond acceptors (Lipinski definition) is 5. The summed E-state index contributed by atoms with van der Waals surface area (Å²) in [4.78, 5) is 11.3. The second-order valence-corrected chi connectivity index (χ2v) is 7.36. The van der Waals surface area contributed by atoms with Crippen molar-refractivity contribution in [2.75, 3.05) is 25.0 Å². The molecule has 2 N–H and O–H groups in total. The molecule has 0 aromatic carbocycles. The molecule has 8 heteroatoms. The lowest BCUT2D eigenvalue weighted by atomic mass is 10.2. The van der Waals surface area contributed by atoms with Crippen LogP contribution in [0.5, 0.6) is 0 Å². The van der Waals surface area contributed by atoms with Crippen LogP contribution in [0.3, 0.4) is 0 Å². The van der Waals surface area contributed by atoms with Gasteiger partial charge in [-0.1, -0.05) is 12.8 Å². The quantitative estimate of drug-likeness (QED) is 0.793. The first kappa shape index (κ1) is 16.7. The first-order valence-corrected chi connectivity index (χ1v) is 9.67. The van der Waals surface area contributed by atoms with E-state index in [0.717, 1.165) is 29.9 Å². The van der Waals surface area contributed by atoms with E-state index in [1.807, 2.05) is 10.9 Å². The van der Waals surface area contributed by atoms with Gasteiger partial charge in [0.25, 0.3) is 0 Å². The van der Waals surface area contributed by atoms with Gasteiger partial charge in [-0.3, -0.25) is 0 Å². The van der Waals surface area contributed by atoms with E-state index in [1.54, 1.807) is 6.33 Å². The zero-order valence-corrected chi connectivity index (χ0v) is 15.3. The van der Waals surface area contributed by atoms with E-state index >= 15 is 0 Å². The molecule has 1 saturated heterocycles. The van der Waals surface area contributed by atoms with E-state index in [1.165, 1.54) is 51.6 Å². The molecular weight excluding hydrogens is 334 g/mol. The highest BCUT2D eigenvalue weighted by molar-refractivity contribution is 7.80. The van der Waals surface area contributed by atoms with Crippen LogP contribution >= 0.6 is 12.2 Å². The van der Waals surface area contributed by atoms with Crippen molar-refractivity contribution >= 4 is 34.2 Å². The molecular formula is C17H25N7S. The van der Waals surface area contributed by atoms with Crippen molar-refractivity contribution in [2.24, 2.45) is 0 Å². The summed E-state index contributed by atoms with van der Waals surface area (Å²) in [5.41, 5.74) is 0.863. The number of thiocarbonyl (C=S) groups is 1. The molecule has 2 aliphatic rings. The molecule has 0 spiro atoms. The van der Waals surface area contributed by atoms with Gasteiger partial charge >= 0.3 is 0 Å². The Kier molecular flexibility index (Phi) is 5.07. The number of nitrogens with zero attached hydrogens (tertiary/aromatic N) is 5. The van der Waals surface area contributed by atoms with E-state index < -0.39 is 0 Å². The minimum Gasteiger partial charge on any atom is -0.360 e. The Bertz CT molecular complexity index is 732. The van der Waals surface area contributed by atoms with Crippen LogP contribution in [0.4, 0.5) is 5.82 Å². The molecule has 1 aliphatic heterocycles. The number of rotatable bonds is 5. The summed E-state index contributed by atoms with van der Waals surface area (Å²) in [6.07, 6.45) is 11.1. The van der Waals surface area contributed by atoms with E-state index in [2.05, 4.69) is 30.6 Å². The number of nitrogens with one attached hydrogen (secondary N) is 2. The summed E-state index contributed by atoms with van der Waals surface area (Å²) < 4.78 is 1.98. The molecule has 2 fully saturated rings. The van der Waals surface area contributed by atoms with Crippen molar-refractivity contribution in [3.63, 3.8) is 0 Å². The SMILES string of the molecule is S=C(Nc1ncnc2c1cnn2CCN1CCCCCC1)NC1CC1. The fourth-order valence-electron chi connectivity index (χ4n) is 3.31. The van der Waals surface area contributed by atoms with Crippen molar-refractivity contribution in [1.29, 1.82) is 0 Å². The largest absolute Gasteiger partial charge is 0.360 e. The molecule has 0 atom stereocenters. The molecule has 134 valence electrons. The topological polar surface area (TPSA) is 70.9 Å². The minimum absolute atomic E-state index is 0.522. The monoisotopic (exact) mass is 359 g/mol. The second-order valence-electron chi connectivity index (χ2n) is 6.96. The van der Waals surface area contributed by atoms with Crippen molar-refractivity contribution in [3.8, 4) is 0 Å². The molecule has 0 radical (unpaired) electrons. The van der Waals surface area contributed by atoms with E-state index in [9.17, 15) is 0 Å². The zero-order valence-electron chi connectivity index (χ0n) is 14.4. The molecule has 4 rings (SSSR count). The Morgan fingerprint density at radius 3 is 2.68 bits per heavy atom.